The van der Waals surface area contributed by atoms with E-state index in [1.165, 1.54) is 5.56 Å². The zero-order valence-electron chi connectivity index (χ0n) is 17.7. The van der Waals surface area contributed by atoms with Crippen molar-refractivity contribution in [3.05, 3.63) is 102 Å². The summed E-state index contributed by atoms with van der Waals surface area (Å²) in [6, 6.07) is 28.7. The molecule has 158 valence electrons. The lowest BCUT2D eigenvalue weighted by Gasteiger charge is -2.35. The number of hydrogen-bond donors (Lipinski definition) is 0. The van der Waals surface area contributed by atoms with E-state index >= 15 is 0 Å². The second kappa shape index (κ2) is 8.56. The largest absolute Gasteiger partial charge is 0.493 e. The molecule has 0 saturated carbocycles. The van der Waals surface area contributed by atoms with Crippen molar-refractivity contribution in [1.82, 2.24) is 4.90 Å². The molecule has 2 unspecified atom stereocenters. The Labute approximate surface area is 183 Å². The maximum atomic E-state index is 13.4. The molecule has 0 radical (unpaired) electrons. The van der Waals surface area contributed by atoms with Crippen molar-refractivity contribution < 1.29 is 14.3 Å². The minimum atomic E-state index is -0.368. The molecule has 31 heavy (non-hydrogen) atoms. The minimum Gasteiger partial charge on any atom is -0.493 e. The average Bonchev–Trinajstić information content (AvgIpc) is 3.15. The van der Waals surface area contributed by atoms with Crippen LogP contribution in [0.2, 0.25) is 0 Å². The Morgan fingerprint density at radius 3 is 2.39 bits per heavy atom. The molecule has 2 heterocycles. The van der Waals surface area contributed by atoms with Crippen LogP contribution in [0.15, 0.2) is 84.9 Å². The summed E-state index contributed by atoms with van der Waals surface area (Å²) in [7, 11) is 0. The van der Waals surface area contributed by atoms with Gasteiger partial charge in [-0.1, -0.05) is 78.9 Å². The number of para-hydroxylation sites is 1. The van der Waals surface area contributed by atoms with E-state index in [0.717, 1.165) is 16.9 Å². The van der Waals surface area contributed by atoms with Gasteiger partial charge < -0.3 is 9.47 Å². The second-order valence-corrected chi connectivity index (χ2v) is 8.25. The highest BCUT2D eigenvalue weighted by molar-refractivity contribution is 5.78. The molecule has 0 bridgehead atoms. The Hall–Kier alpha value is -3.11. The van der Waals surface area contributed by atoms with E-state index in [1.807, 2.05) is 43.3 Å². The fourth-order valence-electron chi connectivity index (χ4n) is 5.31. The molecule has 1 fully saturated rings. The zero-order valence-corrected chi connectivity index (χ0v) is 17.7. The topological polar surface area (TPSA) is 38.8 Å². The maximum absolute atomic E-state index is 13.4. The predicted octanol–water partition coefficient (Wildman–Crippen LogP) is 4.97. The molecule has 4 atom stereocenters. The van der Waals surface area contributed by atoms with Crippen molar-refractivity contribution >= 4 is 5.97 Å². The number of hydrogen-bond acceptors (Lipinski definition) is 4. The fourth-order valence-corrected chi connectivity index (χ4v) is 5.31. The lowest BCUT2D eigenvalue weighted by molar-refractivity contribution is -0.149. The number of esters is 1. The number of fused-ring (bicyclic) bond motifs is 3. The summed E-state index contributed by atoms with van der Waals surface area (Å²) in [4.78, 5) is 15.7. The van der Waals surface area contributed by atoms with Gasteiger partial charge in [0.15, 0.2) is 0 Å². The molecule has 5 rings (SSSR count). The van der Waals surface area contributed by atoms with E-state index in [0.29, 0.717) is 19.8 Å². The molecule has 0 aliphatic carbocycles. The molecule has 0 amide bonds. The SMILES string of the molecule is CCOC(=O)[C@H]1[C@@H](c2ccccc2)C2COc3ccccc3C2N1Cc1ccccc1. The van der Waals surface area contributed by atoms with E-state index in [-0.39, 0.29) is 29.9 Å². The predicted molar refractivity (Wildman–Crippen MR) is 120 cm³/mol. The monoisotopic (exact) mass is 413 g/mol. The van der Waals surface area contributed by atoms with Crippen molar-refractivity contribution in [2.75, 3.05) is 13.2 Å². The van der Waals surface area contributed by atoms with E-state index in [9.17, 15) is 4.79 Å². The van der Waals surface area contributed by atoms with Crippen molar-refractivity contribution in [3.63, 3.8) is 0 Å². The van der Waals surface area contributed by atoms with E-state index in [1.54, 1.807) is 0 Å². The molecule has 0 aromatic heterocycles. The summed E-state index contributed by atoms with van der Waals surface area (Å²) in [5, 5.41) is 0. The van der Waals surface area contributed by atoms with Crippen LogP contribution in [0.5, 0.6) is 5.75 Å². The van der Waals surface area contributed by atoms with Gasteiger partial charge in [-0.2, -0.15) is 0 Å². The maximum Gasteiger partial charge on any atom is 0.324 e. The molecular formula is C27H27NO3. The Kier molecular flexibility index (Phi) is 5.47. The zero-order chi connectivity index (χ0) is 21.2. The summed E-state index contributed by atoms with van der Waals surface area (Å²) in [6.07, 6.45) is 0. The summed E-state index contributed by atoms with van der Waals surface area (Å²) in [5.41, 5.74) is 3.50. The first-order chi connectivity index (χ1) is 15.3. The highest BCUT2D eigenvalue weighted by atomic mass is 16.5. The molecule has 3 aromatic carbocycles. The van der Waals surface area contributed by atoms with Gasteiger partial charge in [0.1, 0.15) is 11.8 Å². The van der Waals surface area contributed by atoms with Crippen LogP contribution < -0.4 is 4.74 Å². The summed E-state index contributed by atoms with van der Waals surface area (Å²) >= 11 is 0. The molecular weight excluding hydrogens is 386 g/mol. The first-order valence-electron chi connectivity index (χ1n) is 11.0. The lowest BCUT2D eigenvalue weighted by Crippen LogP contribution is -2.40. The van der Waals surface area contributed by atoms with Gasteiger partial charge >= 0.3 is 5.97 Å². The van der Waals surface area contributed by atoms with Crippen molar-refractivity contribution in [3.8, 4) is 5.75 Å². The van der Waals surface area contributed by atoms with Crippen LogP contribution in [0.25, 0.3) is 0 Å². The normalized spacial score (nSPS) is 24.7. The molecule has 4 nitrogen and oxygen atoms in total. The van der Waals surface area contributed by atoms with Crippen molar-refractivity contribution in [1.29, 1.82) is 0 Å². The molecule has 0 spiro atoms. The molecule has 1 saturated heterocycles. The summed E-state index contributed by atoms with van der Waals surface area (Å²) < 4.78 is 11.8. The smallest absolute Gasteiger partial charge is 0.324 e. The van der Waals surface area contributed by atoms with Gasteiger partial charge in [0.05, 0.1) is 13.2 Å². The molecule has 2 aliphatic heterocycles. The van der Waals surface area contributed by atoms with Crippen LogP contribution in [0.3, 0.4) is 0 Å². The molecule has 0 N–H and O–H groups in total. The highest BCUT2D eigenvalue weighted by Crippen LogP contribution is 2.54. The van der Waals surface area contributed by atoms with Crippen LogP contribution >= 0.6 is 0 Å². The quantitative estimate of drug-likeness (QED) is 0.554. The number of nitrogens with zero attached hydrogens (tertiary/aromatic N) is 1. The van der Waals surface area contributed by atoms with Crippen LogP contribution in [-0.2, 0) is 16.1 Å². The van der Waals surface area contributed by atoms with Gasteiger partial charge in [-0.15, -0.1) is 0 Å². The van der Waals surface area contributed by atoms with Crippen LogP contribution in [-0.4, -0.2) is 30.1 Å². The molecule has 2 aliphatic rings. The van der Waals surface area contributed by atoms with E-state index in [2.05, 4.69) is 53.4 Å². The van der Waals surface area contributed by atoms with E-state index < -0.39 is 0 Å². The first kappa shape index (κ1) is 19.8. The highest BCUT2D eigenvalue weighted by Gasteiger charge is 2.55. The van der Waals surface area contributed by atoms with Gasteiger partial charge in [-0.05, 0) is 24.1 Å². The number of rotatable bonds is 5. The van der Waals surface area contributed by atoms with Gasteiger partial charge in [0.25, 0.3) is 0 Å². The van der Waals surface area contributed by atoms with E-state index in [4.69, 9.17) is 9.47 Å². The Morgan fingerprint density at radius 2 is 1.65 bits per heavy atom. The molecule has 3 aromatic rings. The average molecular weight is 414 g/mol. The number of likely N-dealkylation sites (tertiary alicyclic amines) is 1. The van der Waals surface area contributed by atoms with Crippen LogP contribution in [0.1, 0.15) is 35.6 Å². The second-order valence-electron chi connectivity index (χ2n) is 8.25. The number of ether oxygens (including phenoxy) is 2. The Morgan fingerprint density at radius 1 is 0.968 bits per heavy atom. The summed E-state index contributed by atoms with van der Waals surface area (Å²) in [6.45, 7) is 3.52. The number of benzene rings is 3. The third-order valence-electron chi connectivity index (χ3n) is 6.51. The van der Waals surface area contributed by atoms with Gasteiger partial charge in [0.2, 0.25) is 0 Å². The van der Waals surface area contributed by atoms with Crippen LogP contribution in [0, 0.1) is 5.92 Å². The standard InChI is InChI=1S/C27H27NO3/c1-2-30-27(29)26-24(20-13-7-4-8-14-20)22-18-31-23-16-10-9-15-21(23)25(22)28(26)17-19-11-5-3-6-12-19/h3-16,22,24-26H,2,17-18H2,1H3/t22?,24-,25?,26+/m0/s1. The van der Waals surface area contributed by atoms with Gasteiger partial charge in [-0.3, -0.25) is 9.69 Å². The fraction of sp³-hybridized carbons (Fsp3) is 0.296. The summed E-state index contributed by atoms with van der Waals surface area (Å²) in [5.74, 6) is 0.926. The Bertz CT molecular complexity index is 1040. The van der Waals surface area contributed by atoms with Gasteiger partial charge in [0, 0.05) is 30.0 Å². The number of carbonyl (C=O) groups excluding carboxylic acids is 1. The third-order valence-corrected chi connectivity index (χ3v) is 6.51. The minimum absolute atomic E-state index is 0.00215. The lowest BCUT2D eigenvalue weighted by atomic mass is 9.79. The molecule has 4 heteroatoms. The van der Waals surface area contributed by atoms with Crippen LogP contribution in [0.4, 0.5) is 0 Å². The third kappa shape index (κ3) is 3.61. The number of carbonyl (C=O) groups is 1. The first-order valence-corrected chi connectivity index (χ1v) is 11.0. The Balaban J connectivity index is 1.65. The van der Waals surface area contributed by atoms with Crippen molar-refractivity contribution in [2.45, 2.75) is 31.5 Å². The van der Waals surface area contributed by atoms with Gasteiger partial charge in [-0.25, -0.2) is 0 Å². The van der Waals surface area contributed by atoms with Crippen molar-refractivity contribution in [2.24, 2.45) is 5.92 Å².